The van der Waals surface area contributed by atoms with E-state index in [1.807, 2.05) is 0 Å². The first-order valence-electron chi connectivity index (χ1n) is 18.1. The molecular formula is C32H58N9O2Ti-. The van der Waals surface area contributed by atoms with Gasteiger partial charge in [-0.2, -0.15) is 6.42 Å². The van der Waals surface area contributed by atoms with Crippen molar-refractivity contribution in [1.29, 1.82) is 0 Å². The fourth-order valence-electron chi connectivity index (χ4n) is 11.7. The second-order valence-electron chi connectivity index (χ2n) is 15.5. The predicted octanol–water partition coefficient (Wildman–Crippen LogP) is 2.34. The van der Waals surface area contributed by atoms with Crippen LogP contribution < -0.4 is 48.7 Å². The van der Waals surface area contributed by atoms with Crippen LogP contribution in [-0.4, -0.2) is 49.3 Å². The first kappa shape index (κ1) is 32.5. The van der Waals surface area contributed by atoms with E-state index in [1.165, 1.54) is 96.3 Å². The maximum atomic E-state index is 8.50. The molecule has 11 N–H and O–H groups in total. The van der Waals surface area contributed by atoms with E-state index in [0.717, 1.165) is 35.5 Å². The van der Waals surface area contributed by atoms with E-state index < -0.39 is 19.1 Å². The normalized spacial score (nSPS) is 52.5. The Bertz CT molecular complexity index is 812. The van der Waals surface area contributed by atoms with Gasteiger partial charge in [0.1, 0.15) is 0 Å². The van der Waals surface area contributed by atoms with E-state index in [1.54, 1.807) is 0 Å². The van der Waals surface area contributed by atoms with Crippen LogP contribution in [0.5, 0.6) is 0 Å². The van der Waals surface area contributed by atoms with Crippen LogP contribution >= 0.6 is 0 Å². The minimum atomic E-state index is -2.00. The van der Waals surface area contributed by atoms with Crippen LogP contribution in [0.4, 0.5) is 0 Å². The number of nitrogens with one attached hydrogen (secondary N) is 8. The van der Waals surface area contributed by atoms with Crippen LogP contribution in [0.15, 0.2) is 0 Å². The van der Waals surface area contributed by atoms with Crippen molar-refractivity contribution in [3.05, 3.63) is 6.42 Å². The van der Waals surface area contributed by atoms with E-state index >= 15 is 0 Å². The summed E-state index contributed by atoms with van der Waals surface area (Å²) in [6.07, 6.45) is 26.4. The third-order valence-corrected chi connectivity index (χ3v) is 13.6. The van der Waals surface area contributed by atoms with Gasteiger partial charge in [0.15, 0.2) is 0 Å². The molecule has 12 heteroatoms. The molecule has 248 valence electrons. The van der Waals surface area contributed by atoms with Gasteiger partial charge in [-0.1, -0.05) is 51.4 Å². The molecule has 0 aromatic heterocycles. The van der Waals surface area contributed by atoms with Crippen molar-refractivity contribution in [3.8, 4) is 0 Å². The molecule has 8 bridgehead atoms. The van der Waals surface area contributed by atoms with Crippen LogP contribution in [0, 0.1) is 53.8 Å². The summed E-state index contributed by atoms with van der Waals surface area (Å²) in [5.74, 6) is 5.74. The number of hydrogen-bond donors (Lipinski definition) is 9. The third-order valence-electron chi connectivity index (χ3n) is 13.6. The fraction of sp³-hybridized carbons (Fsp3) is 0.969. The molecule has 4 saturated carbocycles. The average Bonchev–Trinajstić information content (AvgIpc) is 3.77. The summed E-state index contributed by atoms with van der Waals surface area (Å²) in [4.78, 5) is 0. The van der Waals surface area contributed by atoms with Gasteiger partial charge in [-0.15, -0.1) is 5.92 Å². The quantitative estimate of drug-likeness (QED) is 0.140. The molecule has 5 aliphatic heterocycles. The molecule has 9 aliphatic rings. The van der Waals surface area contributed by atoms with Gasteiger partial charge in [-0.3, -0.25) is 42.5 Å². The average molecular weight is 649 g/mol. The van der Waals surface area contributed by atoms with Crippen molar-refractivity contribution >= 4 is 0 Å². The van der Waals surface area contributed by atoms with Crippen molar-refractivity contribution in [2.45, 2.75) is 146 Å². The minimum absolute atomic E-state index is 0. The van der Waals surface area contributed by atoms with Crippen LogP contribution in [-0.2, 0) is 25.7 Å². The standard InChI is InChI=1S/C32H55N8.H3N.2O.Ti/c1-2-10-18-17(9-1)25-33-26(18)38-28-21-13-5-6-14-22(21)30(35-28)40-32-24-16-8-7-15-23(24)31(36-32)39-29-20-12-4-3-11-19(20)27(34-29)37-25;;;;/h9,17-40H,1-8,10-16H2;1H3;;;/q-1;;;;. The van der Waals surface area contributed by atoms with Gasteiger partial charge in [0, 0.05) is 6.17 Å². The Labute approximate surface area is 273 Å². The van der Waals surface area contributed by atoms with Crippen LogP contribution in [0.2, 0.25) is 0 Å². The van der Waals surface area contributed by atoms with Crippen LogP contribution in [0.3, 0.4) is 0 Å². The molecular weight excluding hydrogens is 590 g/mol. The summed E-state index contributed by atoms with van der Waals surface area (Å²) in [6.45, 7) is 0. The fourth-order valence-corrected chi connectivity index (χ4v) is 11.7. The number of rotatable bonds is 0. The van der Waals surface area contributed by atoms with Gasteiger partial charge in [-0.05, 0) is 80.0 Å². The zero-order valence-electron chi connectivity index (χ0n) is 26.4. The summed E-state index contributed by atoms with van der Waals surface area (Å²) in [7, 11) is 0. The molecule has 16 unspecified atom stereocenters. The van der Waals surface area contributed by atoms with E-state index in [9.17, 15) is 0 Å². The molecule has 11 nitrogen and oxygen atoms in total. The van der Waals surface area contributed by atoms with Crippen molar-refractivity contribution < 1.29 is 25.7 Å². The molecule has 0 spiro atoms. The molecule has 9 rings (SSSR count). The summed E-state index contributed by atoms with van der Waals surface area (Å²) >= 11 is -2.00. The van der Waals surface area contributed by atoms with E-state index in [0.29, 0.717) is 61.2 Å². The van der Waals surface area contributed by atoms with Crippen molar-refractivity contribution in [2.24, 2.45) is 47.3 Å². The Hall–Kier alpha value is -0.0457. The van der Waals surface area contributed by atoms with E-state index in [-0.39, 0.29) is 6.15 Å². The Morgan fingerprint density at radius 3 is 0.955 bits per heavy atom. The first-order chi connectivity index (χ1) is 21.2. The maximum absolute atomic E-state index is 8.50. The second kappa shape index (κ2) is 14.2. The third kappa shape index (κ3) is 6.04. The Kier molecular flexibility index (Phi) is 10.5. The van der Waals surface area contributed by atoms with Crippen LogP contribution in [0.1, 0.15) is 96.3 Å². The summed E-state index contributed by atoms with van der Waals surface area (Å²) in [5.41, 5.74) is 0. The molecule has 4 aliphatic carbocycles. The molecule has 0 aromatic rings. The monoisotopic (exact) mass is 648 g/mol. The van der Waals surface area contributed by atoms with Crippen molar-refractivity contribution in [2.75, 3.05) is 0 Å². The van der Waals surface area contributed by atoms with Gasteiger partial charge in [-0.25, -0.2) is 0 Å². The van der Waals surface area contributed by atoms with E-state index in [4.69, 9.17) is 6.65 Å². The molecule has 9 fully saturated rings. The zero-order valence-corrected chi connectivity index (χ0v) is 28.0. The van der Waals surface area contributed by atoms with Crippen molar-refractivity contribution in [3.63, 3.8) is 0 Å². The summed E-state index contributed by atoms with van der Waals surface area (Å²) in [5, 5.41) is 33.7. The van der Waals surface area contributed by atoms with Gasteiger partial charge >= 0.3 is 25.7 Å². The van der Waals surface area contributed by atoms with E-state index in [2.05, 4.69) is 49.0 Å². The number of fused-ring (bicyclic) bond motifs is 20. The first-order valence-corrected chi connectivity index (χ1v) is 19.4. The topological polar surface area (TPSA) is 165 Å². The Balaban J connectivity index is 0.000000753. The van der Waals surface area contributed by atoms with Crippen LogP contribution in [0.25, 0.3) is 0 Å². The zero-order chi connectivity index (χ0) is 28.9. The molecule has 5 saturated heterocycles. The molecule has 16 atom stereocenters. The molecule has 44 heavy (non-hydrogen) atoms. The Morgan fingerprint density at radius 1 is 0.386 bits per heavy atom. The second-order valence-corrected chi connectivity index (χ2v) is 15.7. The number of hydrogen-bond acceptors (Lipinski definition) is 11. The molecule has 0 aromatic carbocycles. The van der Waals surface area contributed by atoms with Gasteiger partial charge in [0.25, 0.3) is 0 Å². The van der Waals surface area contributed by atoms with Gasteiger partial charge in [0.05, 0.1) is 43.2 Å². The molecule has 0 amide bonds. The summed E-state index contributed by atoms with van der Waals surface area (Å²) in [6, 6.07) is 0. The molecule has 0 radical (unpaired) electrons. The van der Waals surface area contributed by atoms with Gasteiger partial charge < -0.3 is 12.6 Å². The SMILES string of the molecule is N.[CH-]1CCCC2C3NC(NC4NC(NC5NC(NC6NC(N3)C3CCCCC63)C3CCCCC53)C3CCCCC43)C12.[O]=[Ti]=[O]. The summed E-state index contributed by atoms with van der Waals surface area (Å²) < 4.78 is 17.0. The van der Waals surface area contributed by atoms with Crippen molar-refractivity contribution in [1.82, 2.24) is 48.7 Å². The Morgan fingerprint density at radius 2 is 0.636 bits per heavy atom. The van der Waals surface area contributed by atoms with Gasteiger partial charge in [0.2, 0.25) is 0 Å². The predicted molar refractivity (Wildman–Crippen MR) is 163 cm³/mol. The molecule has 5 heterocycles.